The van der Waals surface area contributed by atoms with Crippen LogP contribution in [-0.4, -0.2) is 39.4 Å². The predicted molar refractivity (Wildman–Crippen MR) is 93.7 cm³/mol. The van der Waals surface area contributed by atoms with Crippen LogP contribution in [0.15, 0.2) is 24.5 Å². The molecule has 3 rings (SSSR count). The summed E-state index contributed by atoms with van der Waals surface area (Å²) in [6, 6.07) is 6.18. The second kappa shape index (κ2) is 6.63. The van der Waals surface area contributed by atoms with Crippen molar-refractivity contribution in [3.8, 4) is 0 Å². The Morgan fingerprint density at radius 2 is 1.96 bits per heavy atom. The molecule has 1 aliphatic rings. The molecule has 1 N–H and O–H groups in total. The Bertz CT molecular complexity index is 757. The number of fused-ring (bicyclic) bond motifs is 1. The molecule has 0 atom stereocenters. The number of amides is 2. The van der Waals surface area contributed by atoms with Crippen LogP contribution in [0.3, 0.4) is 0 Å². The van der Waals surface area contributed by atoms with Crippen molar-refractivity contribution in [2.24, 2.45) is 5.92 Å². The molecule has 0 aliphatic carbocycles. The van der Waals surface area contributed by atoms with Gasteiger partial charge in [-0.1, -0.05) is 0 Å². The highest BCUT2D eigenvalue weighted by atomic mass is 16.2. The van der Waals surface area contributed by atoms with Crippen molar-refractivity contribution < 1.29 is 9.59 Å². The van der Waals surface area contributed by atoms with Crippen LogP contribution in [0, 0.1) is 5.92 Å². The lowest BCUT2D eigenvalue weighted by molar-refractivity contribution is -0.132. The third-order valence-electron chi connectivity index (χ3n) is 4.71. The van der Waals surface area contributed by atoms with Gasteiger partial charge in [0.05, 0.1) is 17.4 Å². The first kappa shape index (κ1) is 16.5. The highest BCUT2D eigenvalue weighted by Crippen LogP contribution is 2.23. The minimum Gasteiger partial charge on any atom is -0.343 e. The van der Waals surface area contributed by atoms with Gasteiger partial charge in [-0.2, -0.15) is 0 Å². The first-order chi connectivity index (χ1) is 11.5. The van der Waals surface area contributed by atoms with E-state index in [1.165, 1.54) is 0 Å². The van der Waals surface area contributed by atoms with Gasteiger partial charge in [0.2, 0.25) is 11.8 Å². The van der Waals surface area contributed by atoms with E-state index in [-0.39, 0.29) is 17.7 Å². The Kier molecular flexibility index (Phi) is 4.55. The van der Waals surface area contributed by atoms with Crippen LogP contribution in [0.1, 0.15) is 39.7 Å². The zero-order valence-electron chi connectivity index (χ0n) is 14.5. The molecule has 2 heterocycles. The maximum absolute atomic E-state index is 12.5. The number of nitrogens with zero attached hydrogens (tertiary/aromatic N) is 3. The standard InChI is InChI=1S/C18H24N4O2/c1-12(2)22-11-19-16-10-15(4-5-17(16)22)20-18(24)14-6-8-21(9-7-14)13(3)23/h4-5,10-12,14H,6-9H2,1-3H3,(H,20,24). The molecule has 0 saturated carbocycles. The zero-order chi connectivity index (χ0) is 17.3. The van der Waals surface area contributed by atoms with Crippen molar-refractivity contribution in [3.63, 3.8) is 0 Å². The van der Waals surface area contributed by atoms with Gasteiger partial charge in [-0.25, -0.2) is 4.98 Å². The molecule has 1 aromatic heterocycles. The van der Waals surface area contributed by atoms with Crippen LogP contribution in [0.25, 0.3) is 11.0 Å². The second-order valence-electron chi connectivity index (χ2n) is 6.72. The summed E-state index contributed by atoms with van der Waals surface area (Å²) in [5, 5.41) is 2.99. The average Bonchev–Trinajstić information content (AvgIpc) is 2.98. The molecule has 1 aliphatic heterocycles. The summed E-state index contributed by atoms with van der Waals surface area (Å²) >= 11 is 0. The summed E-state index contributed by atoms with van der Waals surface area (Å²) in [6.07, 6.45) is 3.27. The van der Waals surface area contributed by atoms with Gasteiger partial charge in [0.25, 0.3) is 0 Å². The molecule has 1 saturated heterocycles. The van der Waals surface area contributed by atoms with Gasteiger partial charge in [-0.3, -0.25) is 9.59 Å². The molecule has 0 spiro atoms. The number of carbonyl (C=O) groups excluding carboxylic acids is 2. The van der Waals surface area contributed by atoms with E-state index in [0.717, 1.165) is 29.6 Å². The molecule has 2 amide bonds. The van der Waals surface area contributed by atoms with Gasteiger partial charge in [0.1, 0.15) is 0 Å². The lowest BCUT2D eigenvalue weighted by atomic mass is 9.96. The lowest BCUT2D eigenvalue weighted by Crippen LogP contribution is -2.40. The van der Waals surface area contributed by atoms with Crippen molar-refractivity contribution in [2.45, 2.75) is 39.7 Å². The highest BCUT2D eigenvalue weighted by Gasteiger charge is 2.26. The van der Waals surface area contributed by atoms with E-state index in [4.69, 9.17) is 0 Å². The van der Waals surface area contributed by atoms with E-state index in [1.54, 1.807) is 11.8 Å². The zero-order valence-corrected chi connectivity index (χ0v) is 14.5. The Morgan fingerprint density at radius 1 is 1.25 bits per heavy atom. The quantitative estimate of drug-likeness (QED) is 0.942. The van der Waals surface area contributed by atoms with Gasteiger partial charge in [-0.05, 0) is 44.9 Å². The van der Waals surface area contributed by atoms with Crippen LogP contribution in [-0.2, 0) is 9.59 Å². The first-order valence-electron chi connectivity index (χ1n) is 8.48. The summed E-state index contributed by atoms with van der Waals surface area (Å²) in [5.74, 6) is 0.0745. The molecular weight excluding hydrogens is 304 g/mol. The number of carbonyl (C=O) groups is 2. The molecule has 6 nitrogen and oxygen atoms in total. The Labute approximate surface area is 141 Å². The molecule has 0 bridgehead atoms. The number of nitrogens with one attached hydrogen (secondary N) is 1. The van der Waals surface area contributed by atoms with Crippen LogP contribution in [0.2, 0.25) is 0 Å². The van der Waals surface area contributed by atoms with Crippen LogP contribution >= 0.6 is 0 Å². The molecular formula is C18H24N4O2. The van der Waals surface area contributed by atoms with Crippen LogP contribution < -0.4 is 5.32 Å². The molecule has 2 aromatic rings. The number of aromatic nitrogens is 2. The van der Waals surface area contributed by atoms with Gasteiger partial charge < -0.3 is 14.8 Å². The Balaban J connectivity index is 1.67. The fourth-order valence-corrected chi connectivity index (χ4v) is 3.22. The number of hydrogen-bond acceptors (Lipinski definition) is 3. The summed E-state index contributed by atoms with van der Waals surface area (Å²) in [6.45, 7) is 7.12. The summed E-state index contributed by atoms with van der Waals surface area (Å²) < 4.78 is 2.11. The van der Waals surface area contributed by atoms with E-state index in [1.807, 2.05) is 24.5 Å². The van der Waals surface area contributed by atoms with E-state index in [2.05, 4.69) is 28.7 Å². The minimum absolute atomic E-state index is 0.0286. The van der Waals surface area contributed by atoms with Crippen molar-refractivity contribution in [3.05, 3.63) is 24.5 Å². The molecule has 0 radical (unpaired) electrons. The van der Waals surface area contributed by atoms with Gasteiger partial charge in [-0.15, -0.1) is 0 Å². The molecule has 24 heavy (non-hydrogen) atoms. The molecule has 1 aromatic carbocycles. The maximum atomic E-state index is 12.5. The monoisotopic (exact) mass is 328 g/mol. The average molecular weight is 328 g/mol. The minimum atomic E-state index is -0.0375. The molecule has 6 heteroatoms. The second-order valence-corrected chi connectivity index (χ2v) is 6.72. The molecule has 0 unspecified atom stereocenters. The van der Waals surface area contributed by atoms with E-state index < -0.39 is 0 Å². The van der Waals surface area contributed by atoms with E-state index in [9.17, 15) is 9.59 Å². The largest absolute Gasteiger partial charge is 0.343 e. The number of likely N-dealkylation sites (tertiary alicyclic amines) is 1. The smallest absolute Gasteiger partial charge is 0.227 e. The highest BCUT2D eigenvalue weighted by molar-refractivity contribution is 5.94. The Hall–Kier alpha value is -2.37. The lowest BCUT2D eigenvalue weighted by Gasteiger charge is -2.30. The maximum Gasteiger partial charge on any atom is 0.227 e. The van der Waals surface area contributed by atoms with Crippen molar-refractivity contribution in [2.75, 3.05) is 18.4 Å². The fourth-order valence-electron chi connectivity index (χ4n) is 3.22. The van der Waals surface area contributed by atoms with Crippen LogP contribution in [0.5, 0.6) is 0 Å². The number of imidazole rings is 1. The number of benzene rings is 1. The number of anilines is 1. The third kappa shape index (κ3) is 3.27. The Morgan fingerprint density at radius 3 is 2.58 bits per heavy atom. The number of piperidine rings is 1. The number of hydrogen-bond donors (Lipinski definition) is 1. The number of rotatable bonds is 3. The third-order valence-corrected chi connectivity index (χ3v) is 4.71. The molecule has 128 valence electrons. The van der Waals surface area contributed by atoms with E-state index in [0.29, 0.717) is 19.1 Å². The SMILES string of the molecule is CC(=O)N1CCC(C(=O)Nc2ccc3c(c2)ncn3C(C)C)CC1. The van der Waals surface area contributed by atoms with Gasteiger partial charge in [0.15, 0.2) is 0 Å². The summed E-state index contributed by atoms with van der Waals surface area (Å²) in [5.41, 5.74) is 2.72. The predicted octanol–water partition coefficient (Wildman–Crippen LogP) is 2.81. The fraction of sp³-hybridized carbons (Fsp3) is 0.500. The van der Waals surface area contributed by atoms with Gasteiger partial charge >= 0.3 is 0 Å². The van der Waals surface area contributed by atoms with Crippen LogP contribution in [0.4, 0.5) is 5.69 Å². The first-order valence-corrected chi connectivity index (χ1v) is 8.48. The summed E-state index contributed by atoms with van der Waals surface area (Å²) in [4.78, 5) is 30.0. The topological polar surface area (TPSA) is 67.2 Å². The van der Waals surface area contributed by atoms with Gasteiger partial charge in [0, 0.05) is 37.7 Å². The van der Waals surface area contributed by atoms with Crippen molar-refractivity contribution in [1.29, 1.82) is 0 Å². The normalized spacial score (nSPS) is 15.9. The van der Waals surface area contributed by atoms with Crippen molar-refractivity contribution >= 4 is 28.5 Å². The van der Waals surface area contributed by atoms with Crippen molar-refractivity contribution in [1.82, 2.24) is 14.5 Å². The molecule has 1 fully saturated rings. The summed E-state index contributed by atoms with van der Waals surface area (Å²) in [7, 11) is 0. The van der Waals surface area contributed by atoms with E-state index >= 15 is 0 Å².